The summed E-state index contributed by atoms with van der Waals surface area (Å²) in [5, 5.41) is 4.11. The molecule has 2 rings (SSSR count). The van der Waals surface area contributed by atoms with Crippen LogP contribution in [-0.4, -0.2) is 26.3 Å². The molecule has 3 heteroatoms. The van der Waals surface area contributed by atoms with E-state index in [1.165, 1.54) is 37.7 Å². The molecule has 2 atom stereocenters. The Morgan fingerprint density at radius 1 is 1.37 bits per heavy atom. The molecule has 0 aliphatic carbocycles. The Labute approximate surface area is 121 Å². The Kier molecular flexibility index (Phi) is 6.15. The van der Waals surface area contributed by atoms with Gasteiger partial charge in [0.05, 0.1) is 6.10 Å². The second kappa shape index (κ2) is 7.88. The van der Waals surface area contributed by atoms with Crippen molar-refractivity contribution >= 4 is 11.6 Å². The Hall–Kier alpha value is -0.570. The smallest absolute Gasteiger partial charge is 0.0576 e. The fourth-order valence-corrected chi connectivity index (χ4v) is 2.96. The number of rotatable bonds is 7. The van der Waals surface area contributed by atoms with Gasteiger partial charge in [-0.3, -0.25) is 0 Å². The van der Waals surface area contributed by atoms with Gasteiger partial charge < -0.3 is 10.1 Å². The largest absolute Gasteiger partial charge is 0.378 e. The highest BCUT2D eigenvalue weighted by Crippen LogP contribution is 2.25. The molecule has 0 aromatic heterocycles. The molecule has 0 amide bonds. The molecular formula is C16H24ClNO. The van der Waals surface area contributed by atoms with Crippen molar-refractivity contribution in [2.24, 2.45) is 0 Å². The molecule has 1 fully saturated rings. The van der Waals surface area contributed by atoms with Crippen LogP contribution in [0.3, 0.4) is 0 Å². The number of hydrogen-bond donors (Lipinski definition) is 1. The number of ether oxygens (including phenoxy) is 1. The molecule has 0 radical (unpaired) electrons. The summed E-state index contributed by atoms with van der Waals surface area (Å²) in [7, 11) is 2.02. The van der Waals surface area contributed by atoms with Crippen LogP contribution in [0.25, 0.3) is 0 Å². The first-order valence-corrected chi connectivity index (χ1v) is 7.69. The zero-order valence-corrected chi connectivity index (χ0v) is 12.5. The third kappa shape index (κ3) is 4.79. The summed E-state index contributed by atoms with van der Waals surface area (Å²) in [6.45, 7) is 1.98. The Balaban J connectivity index is 1.82. The van der Waals surface area contributed by atoms with Crippen molar-refractivity contribution in [3.05, 3.63) is 34.9 Å². The third-order valence-corrected chi connectivity index (χ3v) is 4.15. The summed E-state index contributed by atoms with van der Waals surface area (Å²) in [5.74, 6) is 0.573. The van der Waals surface area contributed by atoms with Gasteiger partial charge in [0, 0.05) is 18.2 Å². The Morgan fingerprint density at radius 2 is 2.16 bits per heavy atom. The molecule has 1 aliphatic rings. The lowest BCUT2D eigenvalue weighted by molar-refractivity contribution is 0.101. The first-order chi connectivity index (χ1) is 9.29. The van der Waals surface area contributed by atoms with Gasteiger partial charge >= 0.3 is 0 Å². The SMILES string of the molecule is CNCC(CCCC1CCCO1)c1ccc(Cl)cc1. The predicted octanol–water partition coefficient (Wildman–Crippen LogP) is 3.99. The van der Waals surface area contributed by atoms with E-state index in [2.05, 4.69) is 17.4 Å². The van der Waals surface area contributed by atoms with Crippen LogP contribution in [0, 0.1) is 0 Å². The monoisotopic (exact) mass is 281 g/mol. The summed E-state index contributed by atoms with van der Waals surface area (Å²) in [5.41, 5.74) is 1.38. The molecule has 19 heavy (non-hydrogen) atoms. The summed E-state index contributed by atoms with van der Waals surface area (Å²) in [6, 6.07) is 8.27. The number of likely N-dealkylation sites (N-methyl/N-ethyl adjacent to an activating group) is 1. The molecule has 1 aliphatic heterocycles. The van der Waals surface area contributed by atoms with E-state index in [-0.39, 0.29) is 0 Å². The molecule has 1 aromatic rings. The van der Waals surface area contributed by atoms with Crippen molar-refractivity contribution in [1.82, 2.24) is 5.32 Å². The number of hydrogen-bond acceptors (Lipinski definition) is 2. The van der Waals surface area contributed by atoms with Gasteiger partial charge in [-0.2, -0.15) is 0 Å². The minimum absolute atomic E-state index is 0.514. The predicted molar refractivity (Wildman–Crippen MR) is 80.9 cm³/mol. The molecule has 1 aromatic carbocycles. The molecule has 0 bridgehead atoms. The second-order valence-electron chi connectivity index (χ2n) is 5.37. The van der Waals surface area contributed by atoms with Gasteiger partial charge in [-0.1, -0.05) is 30.2 Å². The van der Waals surface area contributed by atoms with Gasteiger partial charge in [0.15, 0.2) is 0 Å². The normalized spacial score (nSPS) is 20.6. The number of nitrogens with one attached hydrogen (secondary N) is 1. The van der Waals surface area contributed by atoms with Crippen LogP contribution in [0.15, 0.2) is 24.3 Å². The topological polar surface area (TPSA) is 21.3 Å². The van der Waals surface area contributed by atoms with Gasteiger partial charge in [-0.15, -0.1) is 0 Å². The number of halogens is 1. The van der Waals surface area contributed by atoms with Gasteiger partial charge in [0.25, 0.3) is 0 Å². The van der Waals surface area contributed by atoms with Crippen molar-refractivity contribution in [2.75, 3.05) is 20.2 Å². The van der Waals surface area contributed by atoms with E-state index in [0.717, 1.165) is 18.2 Å². The highest BCUT2D eigenvalue weighted by molar-refractivity contribution is 6.30. The quantitative estimate of drug-likeness (QED) is 0.816. The maximum atomic E-state index is 5.95. The fourth-order valence-electron chi connectivity index (χ4n) is 2.83. The molecule has 1 N–H and O–H groups in total. The van der Waals surface area contributed by atoms with Crippen LogP contribution in [0.5, 0.6) is 0 Å². The summed E-state index contributed by atoms with van der Waals surface area (Å²) >= 11 is 5.95. The number of benzene rings is 1. The summed E-state index contributed by atoms with van der Waals surface area (Å²) < 4.78 is 5.68. The average molecular weight is 282 g/mol. The van der Waals surface area contributed by atoms with Crippen LogP contribution in [0.1, 0.15) is 43.6 Å². The van der Waals surface area contributed by atoms with Crippen LogP contribution >= 0.6 is 11.6 Å². The van der Waals surface area contributed by atoms with Crippen LogP contribution in [0.4, 0.5) is 0 Å². The molecule has 2 nitrogen and oxygen atoms in total. The lowest BCUT2D eigenvalue weighted by atomic mass is 9.92. The van der Waals surface area contributed by atoms with E-state index in [1.807, 2.05) is 19.2 Å². The first kappa shape index (κ1) is 14.8. The summed E-state index contributed by atoms with van der Waals surface area (Å²) in [6.07, 6.45) is 6.65. The lowest BCUT2D eigenvalue weighted by Gasteiger charge is -2.18. The Morgan fingerprint density at radius 3 is 2.79 bits per heavy atom. The minimum Gasteiger partial charge on any atom is -0.378 e. The van der Waals surface area contributed by atoms with Crippen LogP contribution in [-0.2, 0) is 4.74 Å². The lowest BCUT2D eigenvalue weighted by Crippen LogP contribution is -2.18. The van der Waals surface area contributed by atoms with Crippen molar-refractivity contribution in [3.63, 3.8) is 0 Å². The van der Waals surface area contributed by atoms with Crippen LogP contribution < -0.4 is 5.32 Å². The second-order valence-corrected chi connectivity index (χ2v) is 5.81. The molecule has 106 valence electrons. The zero-order valence-electron chi connectivity index (χ0n) is 11.7. The standard InChI is InChI=1S/C16H24ClNO/c1-18-12-14(13-7-9-15(17)10-8-13)4-2-5-16-6-3-11-19-16/h7-10,14,16,18H,2-6,11-12H2,1H3. The maximum absolute atomic E-state index is 5.95. The molecule has 2 unspecified atom stereocenters. The van der Waals surface area contributed by atoms with E-state index in [0.29, 0.717) is 12.0 Å². The molecule has 1 heterocycles. The fraction of sp³-hybridized carbons (Fsp3) is 0.625. The van der Waals surface area contributed by atoms with Crippen molar-refractivity contribution in [1.29, 1.82) is 0 Å². The maximum Gasteiger partial charge on any atom is 0.0576 e. The average Bonchev–Trinajstić information content (AvgIpc) is 2.92. The summed E-state index contributed by atoms with van der Waals surface area (Å²) in [4.78, 5) is 0. The van der Waals surface area contributed by atoms with Crippen LogP contribution in [0.2, 0.25) is 5.02 Å². The van der Waals surface area contributed by atoms with E-state index in [9.17, 15) is 0 Å². The zero-order chi connectivity index (χ0) is 13.5. The van der Waals surface area contributed by atoms with Gasteiger partial charge in [0.1, 0.15) is 0 Å². The van der Waals surface area contributed by atoms with E-state index in [1.54, 1.807) is 0 Å². The highest BCUT2D eigenvalue weighted by atomic mass is 35.5. The van der Waals surface area contributed by atoms with E-state index in [4.69, 9.17) is 16.3 Å². The minimum atomic E-state index is 0.514. The molecule has 1 saturated heterocycles. The molecule has 0 spiro atoms. The molecular weight excluding hydrogens is 258 g/mol. The first-order valence-electron chi connectivity index (χ1n) is 7.31. The van der Waals surface area contributed by atoms with E-state index < -0.39 is 0 Å². The van der Waals surface area contributed by atoms with Crippen molar-refractivity contribution in [3.8, 4) is 0 Å². The van der Waals surface area contributed by atoms with E-state index >= 15 is 0 Å². The molecule has 0 saturated carbocycles. The Bertz CT molecular complexity index is 360. The van der Waals surface area contributed by atoms with Gasteiger partial charge in [0.2, 0.25) is 0 Å². The highest BCUT2D eigenvalue weighted by Gasteiger charge is 2.16. The van der Waals surface area contributed by atoms with Crippen molar-refractivity contribution < 1.29 is 4.74 Å². The van der Waals surface area contributed by atoms with Crippen molar-refractivity contribution in [2.45, 2.75) is 44.1 Å². The van der Waals surface area contributed by atoms with Gasteiger partial charge in [-0.25, -0.2) is 0 Å². The third-order valence-electron chi connectivity index (χ3n) is 3.89. The van der Waals surface area contributed by atoms with Gasteiger partial charge in [-0.05, 0) is 56.3 Å².